The van der Waals surface area contributed by atoms with Crippen molar-refractivity contribution in [3.63, 3.8) is 0 Å². The summed E-state index contributed by atoms with van der Waals surface area (Å²) in [6.45, 7) is 0. The topological polar surface area (TPSA) is 66.9 Å². The van der Waals surface area contributed by atoms with Crippen LogP contribution in [0.4, 0.5) is 0 Å². The molecule has 0 aliphatic carbocycles. The lowest BCUT2D eigenvalue weighted by atomic mass is 9.79. The van der Waals surface area contributed by atoms with Gasteiger partial charge in [0.1, 0.15) is 11.7 Å². The lowest BCUT2D eigenvalue weighted by Gasteiger charge is -2.36. The second-order valence-electron chi connectivity index (χ2n) is 5.82. The highest BCUT2D eigenvalue weighted by molar-refractivity contribution is 6.12. The van der Waals surface area contributed by atoms with E-state index in [1.54, 1.807) is 38.4 Å². The molecular formula is C16H14N2O4. The van der Waals surface area contributed by atoms with Gasteiger partial charge in [-0.15, -0.1) is 0 Å². The zero-order valence-electron chi connectivity index (χ0n) is 12.1. The molecule has 3 aliphatic heterocycles. The van der Waals surface area contributed by atoms with Gasteiger partial charge >= 0.3 is 0 Å². The smallest absolute Gasteiger partial charge is 0.256 e. The SMILES string of the molecule is CN1C(=O)C2(C=CC(=O)N2C)C2C(=O)c3ccccc3OC21. The highest BCUT2D eigenvalue weighted by Crippen LogP contribution is 2.47. The van der Waals surface area contributed by atoms with E-state index in [1.165, 1.54) is 22.0 Å². The number of likely N-dealkylation sites (N-methyl/N-ethyl adjacent to an activating group) is 2. The molecule has 6 nitrogen and oxygen atoms in total. The number of fused-ring (bicyclic) bond motifs is 3. The monoisotopic (exact) mass is 298 g/mol. The van der Waals surface area contributed by atoms with Crippen molar-refractivity contribution < 1.29 is 19.1 Å². The molecule has 22 heavy (non-hydrogen) atoms. The van der Waals surface area contributed by atoms with Gasteiger partial charge in [-0.3, -0.25) is 14.4 Å². The fraction of sp³-hybridized carbons (Fsp3) is 0.312. The Balaban J connectivity index is 1.92. The maximum atomic E-state index is 13.0. The third kappa shape index (κ3) is 1.28. The average molecular weight is 298 g/mol. The molecule has 6 heteroatoms. The van der Waals surface area contributed by atoms with Crippen LogP contribution in [0.25, 0.3) is 0 Å². The Morgan fingerprint density at radius 3 is 2.55 bits per heavy atom. The summed E-state index contributed by atoms with van der Waals surface area (Å²) in [7, 11) is 3.14. The highest BCUT2D eigenvalue weighted by Gasteiger charge is 2.67. The Bertz CT molecular complexity index is 756. The van der Waals surface area contributed by atoms with Crippen molar-refractivity contribution in [2.24, 2.45) is 5.92 Å². The Labute approximate surface area is 126 Å². The average Bonchev–Trinajstić information content (AvgIpc) is 2.93. The molecule has 0 saturated carbocycles. The summed E-state index contributed by atoms with van der Waals surface area (Å²) in [5.74, 6) is -1.04. The number of para-hydroxylation sites is 1. The van der Waals surface area contributed by atoms with Gasteiger partial charge in [0.15, 0.2) is 17.6 Å². The zero-order chi connectivity index (χ0) is 15.6. The van der Waals surface area contributed by atoms with Crippen molar-refractivity contribution in [2.45, 2.75) is 11.8 Å². The first kappa shape index (κ1) is 13.1. The van der Waals surface area contributed by atoms with Crippen LogP contribution < -0.4 is 4.74 Å². The van der Waals surface area contributed by atoms with E-state index >= 15 is 0 Å². The number of likely N-dealkylation sites (tertiary alicyclic amines) is 1. The summed E-state index contributed by atoms with van der Waals surface area (Å²) in [4.78, 5) is 40.5. The Hall–Kier alpha value is -2.63. The fourth-order valence-corrected chi connectivity index (χ4v) is 3.65. The molecule has 0 radical (unpaired) electrons. The normalized spacial score (nSPS) is 32.5. The van der Waals surface area contributed by atoms with Gasteiger partial charge in [0.25, 0.3) is 5.91 Å². The van der Waals surface area contributed by atoms with Gasteiger partial charge in [0.2, 0.25) is 5.91 Å². The van der Waals surface area contributed by atoms with Crippen LogP contribution in [0.1, 0.15) is 10.4 Å². The van der Waals surface area contributed by atoms with Crippen LogP contribution in [0.2, 0.25) is 0 Å². The fourth-order valence-electron chi connectivity index (χ4n) is 3.65. The van der Waals surface area contributed by atoms with Gasteiger partial charge in [-0.25, -0.2) is 0 Å². The molecule has 4 rings (SSSR count). The molecule has 1 aromatic rings. The molecule has 3 atom stereocenters. The van der Waals surface area contributed by atoms with Crippen molar-refractivity contribution >= 4 is 17.6 Å². The largest absolute Gasteiger partial charge is 0.469 e. The molecule has 0 bridgehead atoms. The molecular weight excluding hydrogens is 284 g/mol. The number of carbonyl (C=O) groups is 3. The number of hydrogen-bond donors (Lipinski definition) is 0. The van der Waals surface area contributed by atoms with Crippen molar-refractivity contribution in [2.75, 3.05) is 14.1 Å². The second kappa shape index (κ2) is 3.97. The maximum Gasteiger partial charge on any atom is 0.256 e. The molecule has 1 aromatic carbocycles. The highest BCUT2D eigenvalue weighted by atomic mass is 16.5. The molecule has 0 N–H and O–H groups in total. The minimum absolute atomic E-state index is 0.171. The van der Waals surface area contributed by atoms with E-state index in [0.717, 1.165) is 0 Å². The van der Waals surface area contributed by atoms with Crippen molar-refractivity contribution in [1.82, 2.24) is 9.80 Å². The Morgan fingerprint density at radius 2 is 1.86 bits per heavy atom. The van der Waals surface area contributed by atoms with Gasteiger partial charge < -0.3 is 14.5 Å². The van der Waals surface area contributed by atoms with E-state index in [2.05, 4.69) is 0 Å². The molecule has 112 valence electrons. The van der Waals surface area contributed by atoms with Gasteiger partial charge in [-0.1, -0.05) is 12.1 Å². The number of rotatable bonds is 0. The summed E-state index contributed by atoms with van der Waals surface area (Å²) >= 11 is 0. The summed E-state index contributed by atoms with van der Waals surface area (Å²) in [6, 6.07) is 6.94. The first-order chi connectivity index (χ1) is 10.5. The van der Waals surface area contributed by atoms with E-state index < -0.39 is 17.7 Å². The van der Waals surface area contributed by atoms with Crippen LogP contribution in [-0.2, 0) is 9.59 Å². The lowest BCUT2D eigenvalue weighted by Crippen LogP contribution is -2.56. The minimum Gasteiger partial charge on any atom is -0.469 e. The molecule has 2 amide bonds. The quantitative estimate of drug-likeness (QED) is 0.697. The van der Waals surface area contributed by atoms with Crippen molar-refractivity contribution in [3.8, 4) is 5.75 Å². The molecule has 1 saturated heterocycles. The summed E-state index contributed by atoms with van der Waals surface area (Å²) < 4.78 is 5.89. The van der Waals surface area contributed by atoms with Crippen molar-refractivity contribution in [1.29, 1.82) is 0 Å². The molecule has 3 unspecified atom stereocenters. The van der Waals surface area contributed by atoms with Crippen LogP contribution in [0.15, 0.2) is 36.4 Å². The molecule has 1 spiro atoms. The maximum absolute atomic E-state index is 13.0. The van der Waals surface area contributed by atoms with Gasteiger partial charge in [-0.2, -0.15) is 0 Å². The number of nitrogens with zero attached hydrogens (tertiary/aromatic N) is 2. The van der Waals surface area contributed by atoms with Crippen molar-refractivity contribution in [3.05, 3.63) is 42.0 Å². The first-order valence-electron chi connectivity index (χ1n) is 7.02. The number of ketones is 1. The number of carbonyl (C=O) groups excluding carboxylic acids is 3. The van der Waals surface area contributed by atoms with Gasteiger partial charge in [0, 0.05) is 20.2 Å². The zero-order valence-corrected chi connectivity index (χ0v) is 12.1. The summed E-state index contributed by atoms with van der Waals surface area (Å²) in [5.41, 5.74) is -0.825. The Morgan fingerprint density at radius 1 is 1.14 bits per heavy atom. The number of hydrogen-bond acceptors (Lipinski definition) is 4. The second-order valence-corrected chi connectivity index (χ2v) is 5.82. The van der Waals surface area contributed by atoms with E-state index in [0.29, 0.717) is 11.3 Å². The number of benzene rings is 1. The van der Waals surface area contributed by atoms with E-state index in [-0.39, 0.29) is 17.6 Å². The standard InChI is InChI=1S/C16H14N2O4/c1-17-14-12(13(20)9-5-3-4-6-10(9)22-14)16(15(17)21)8-7-11(19)18(16)2/h3-8,12,14H,1-2H3. The minimum atomic E-state index is -1.28. The molecule has 0 aromatic heterocycles. The summed E-state index contributed by atoms with van der Waals surface area (Å²) in [5, 5.41) is 0. The van der Waals surface area contributed by atoms with Crippen LogP contribution in [0, 0.1) is 5.92 Å². The lowest BCUT2D eigenvalue weighted by molar-refractivity contribution is -0.141. The number of Topliss-reactive ketones (excluding diaryl/α,β-unsaturated/α-hetero) is 1. The van der Waals surface area contributed by atoms with Crippen LogP contribution >= 0.6 is 0 Å². The number of amides is 2. The van der Waals surface area contributed by atoms with Gasteiger partial charge in [-0.05, 0) is 18.2 Å². The molecule has 1 fully saturated rings. The summed E-state index contributed by atoms with van der Waals surface area (Å²) in [6.07, 6.45) is 2.18. The predicted molar refractivity (Wildman–Crippen MR) is 76.1 cm³/mol. The van der Waals surface area contributed by atoms with E-state index in [4.69, 9.17) is 4.74 Å². The predicted octanol–water partition coefficient (Wildman–Crippen LogP) is 0.443. The third-order valence-electron chi connectivity index (χ3n) is 4.85. The van der Waals surface area contributed by atoms with Crippen LogP contribution in [0.5, 0.6) is 5.75 Å². The van der Waals surface area contributed by atoms with Crippen LogP contribution in [-0.4, -0.2) is 53.3 Å². The third-order valence-corrected chi connectivity index (χ3v) is 4.85. The number of ether oxygens (including phenoxy) is 1. The Kier molecular flexibility index (Phi) is 2.36. The molecule has 3 aliphatic rings. The van der Waals surface area contributed by atoms with E-state index in [1.807, 2.05) is 0 Å². The van der Waals surface area contributed by atoms with Crippen LogP contribution in [0.3, 0.4) is 0 Å². The van der Waals surface area contributed by atoms with Gasteiger partial charge in [0.05, 0.1) is 5.56 Å². The van der Waals surface area contributed by atoms with E-state index in [9.17, 15) is 14.4 Å². The molecule has 3 heterocycles. The first-order valence-corrected chi connectivity index (χ1v) is 7.02.